The van der Waals surface area contributed by atoms with Crippen molar-refractivity contribution >= 4 is 12.2 Å². The summed E-state index contributed by atoms with van der Waals surface area (Å²) < 4.78 is 21.7. The van der Waals surface area contributed by atoms with Gasteiger partial charge in [-0.05, 0) is 35.4 Å². The summed E-state index contributed by atoms with van der Waals surface area (Å²) in [6.45, 7) is 2.87. The summed E-state index contributed by atoms with van der Waals surface area (Å²) in [6, 6.07) is 16.1. The Kier molecular flexibility index (Phi) is 4.49. The van der Waals surface area contributed by atoms with Crippen LogP contribution < -0.4 is 9.47 Å². The highest BCUT2D eigenvalue weighted by atomic mass is 16.6. The first-order valence-electron chi connectivity index (χ1n) is 8.22. The first-order chi connectivity index (χ1) is 11.8. The summed E-state index contributed by atoms with van der Waals surface area (Å²) in [5, 5.41) is 0. The molecule has 2 saturated heterocycles. The average Bonchev–Trinajstić information content (AvgIpc) is 3.52. The Balaban J connectivity index is 1.38. The first-order valence-corrected chi connectivity index (χ1v) is 8.22. The molecule has 0 amide bonds. The van der Waals surface area contributed by atoms with Crippen molar-refractivity contribution in [2.75, 3.05) is 26.4 Å². The predicted octanol–water partition coefficient (Wildman–Crippen LogP) is 3.41. The fourth-order valence-electron chi connectivity index (χ4n) is 2.32. The van der Waals surface area contributed by atoms with Gasteiger partial charge in [0.2, 0.25) is 0 Å². The molecule has 0 N–H and O–H groups in total. The van der Waals surface area contributed by atoms with Gasteiger partial charge in [0.25, 0.3) is 0 Å². The quantitative estimate of drug-likeness (QED) is 0.551. The average molecular weight is 324 g/mol. The molecular weight excluding hydrogens is 304 g/mol. The molecule has 2 fully saturated rings. The lowest BCUT2D eigenvalue weighted by atomic mass is 10.1. The molecule has 0 aromatic heterocycles. The fraction of sp³-hybridized carbons (Fsp3) is 0.300. The molecule has 2 aromatic carbocycles. The van der Waals surface area contributed by atoms with Crippen LogP contribution in [-0.4, -0.2) is 38.6 Å². The number of ether oxygens (including phenoxy) is 4. The van der Waals surface area contributed by atoms with E-state index >= 15 is 0 Å². The second-order valence-corrected chi connectivity index (χ2v) is 6.01. The van der Waals surface area contributed by atoms with Crippen molar-refractivity contribution < 1.29 is 18.9 Å². The van der Waals surface area contributed by atoms with Crippen LogP contribution in [0.15, 0.2) is 48.5 Å². The lowest BCUT2D eigenvalue weighted by Crippen LogP contribution is -2.03. The summed E-state index contributed by atoms with van der Waals surface area (Å²) >= 11 is 0. The maximum atomic E-state index is 5.71. The number of rotatable bonds is 8. The summed E-state index contributed by atoms with van der Waals surface area (Å²) in [7, 11) is 0. The van der Waals surface area contributed by atoms with Crippen molar-refractivity contribution in [2.24, 2.45) is 0 Å². The summed E-state index contributed by atoms with van der Waals surface area (Å²) in [6.07, 6.45) is 4.69. The Morgan fingerprint density at radius 2 is 1.25 bits per heavy atom. The minimum atomic E-state index is 0.271. The predicted molar refractivity (Wildman–Crippen MR) is 92.3 cm³/mol. The Morgan fingerprint density at radius 3 is 1.67 bits per heavy atom. The van der Waals surface area contributed by atoms with Crippen LogP contribution in [0.2, 0.25) is 0 Å². The van der Waals surface area contributed by atoms with Crippen LogP contribution in [0, 0.1) is 0 Å². The van der Waals surface area contributed by atoms with E-state index in [1.807, 2.05) is 36.4 Å². The van der Waals surface area contributed by atoms with E-state index in [1.165, 1.54) is 0 Å². The van der Waals surface area contributed by atoms with E-state index in [1.54, 1.807) is 0 Å². The molecule has 0 aliphatic carbocycles. The van der Waals surface area contributed by atoms with Crippen molar-refractivity contribution in [3.8, 4) is 11.5 Å². The molecule has 2 heterocycles. The topological polar surface area (TPSA) is 43.5 Å². The summed E-state index contributed by atoms with van der Waals surface area (Å²) in [5.74, 6) is 1.74. The van der Waals surface area contributed by atoms with Gasteiger partial charge >= 0.3 is 0 Å². The van der Waals surface area contributed by atoms with Gasteiger partial charge in [0.1, 0.15) is 36.9 Å². The van der Waals surface area contributed by atoms with E-state index in [2.05, 4.69) is 24.3 Å². The Labute approximate surface area is 141 Å². The van der Waals surface area contributed by atoms with Gasteiger partial charge in [-0.2, -0.15) is 0 Å². The Morgan fingerprint density at radius 1 is 0.792 bits per heavy atom. The molecule has 2 atom stereocenters. The number of hydrogen-bond donors (Lipinski definition) is 0. The van der Waals surface area contributed by atoms with Crippen molar-refractivity contribution in [2.45, 2.75) is 12.2 Å². The molecular formula is C20H20O4. The fourth-order valence-corrected chi connectivity index (χ4v) is 2.32. The zero-order valence-corrected chi connectivity index (χ0v) is 13.4. The van der Waals surface area contributed by atoms with Gasteiger partial charge in [-0.3, -0.25) is 0 Å². The third-order valence-electron chi connectivity index (χ3n) is 3.86. The molecule has 0 spiro atoms. The number of hydrogen-bond acceptors (Lipinski definition) is 4. The highest BCUT2D eigenvalue weighted by molar-refractivity contribution is 5.70. The third-order valence-corrected chi connectivity index (χ3v) is 3.86. The number of benzene rings is 2. The Hall–Kier alpha value is -2.30. The molecule has 0 saturated carbocycles. The van der Waals surface area contributed by atoms with Crippen molar-refractivity contribution in [1.29, 1.82) is 0 Å². The van der Waals surface area contributed by atoms with Gasteiger partial charge in [0.15, 0.2) is 0 Å². The van der Waals surface area contributed by atoms with Gasteiger partial charge < -0.3 is 18.9 Å². The van der Waals surface area contributed by atoms with E-state index in [0.717, 1.165) is 35.8 Å². The molecule has 2 aliphatic rings. The first kappa shape index (κ1) is 15.2. The maximum absolute atomic E-state index is 5.71. The van der Waals surface area contributed by atoms with Crippen LogP contribution in [0.25, 0.3) is 12.2 Å². The largest absolute Gasteiger partial charge is 0.491 e. The van der Waals surface area contributed by atoms with Crippen molar-refractivity contribution in [3.63, 3.8) is 0 Å². The zero-order valence-electron chi connectivity index (χ0n) is 13.4. The summed E-state index contributed by atoms with van der Waals surface area (Å²) in [4.78, 5) is 0. The Bertz CT molecular complexity index is 656. The van der Waals surface area contributed by atoms with Gasteiger partial charge in [-0.1, -0.05) is 36.4 Å². The van der Waals surface area contributed by atoms with E-state index in [9.17, 15) is 0 Å². The molecule has 2 aliphatic heterocycles. The van der Waals surface area contributed by atoms with Crippen LogP contribution >= 0.6 is 0 Å². The monoisotopic (exact) mass is 324 g/mol. The van der Waals surface area contributed by atoms with Gasteiger partial charge in [0, 0.05) is 0 Å². The van der Waals surface area contributed by atoms with Crippen LogP contribution in [0.4, 0.5) is 0 Å². The third kappa shape index (κ3) is 4.60. The minimum Gasteiger partial charge on any atom is -0.491 e. The van der Waals surface area contributed by atoms with Crippen molar-refractivity contribution in [1.82, 2.24) is 0 Å². The smallest absolute Gasteiger partial charge is 0.120 e. The molecule has 4 heteroatoms. The highest BCUT2D eigenvalue weighted by Gasteiger charge is 2.23. The van der Waals surface area contributed by atoms with E-state index in [-0.39, 0.29) is 12.2 Å². The lowest BCUT2D eigenvalue weighted by Gasteiger charge is -2.05. The molecule has 124 valence electrons. The second-order valence-electron chi connectivity index (χ2n) is 6.01. The second kappa shape index (κ2) is 7.07. The van der Waals surface area contributed by atoms with Gasteiger partial charge in [-0.25, -0.2) is 0 Å². The molecule has 0 radical (unpaired) electrons. The zero-order chi connectivity index (χ0) is 16.2. The molecule has 0 bridgehead atoms. The highest BCUT2D eigenvalue weighted by Crippen LogP contribution is 2.20. The standard InChI is InChI=1S/C20H20O4/c1-3-15(9-17(5-1)21-11-19-13-23-19)7-8-16-4-2-6-18(10-16)22-12-20-14-24-20/h1-10,19-20H,11-14H2. The van der Waals surface area contributed by atoms with E-state index in [0.29, 0.717) is 13.2 Å². The van der Waals surface area contributed by atoms with Crippen LogP contribution in [0.1, 0.15) is 11.1 Å². The molecule has 4 rings (SSSR count). The van der Waals surface area contributed by atoms with Gasteiger partial charge in [0.05, 0.1) is 13.2 Å². The van der Waals surface area contributed by atoms with E-state index < -0.39 is 0 Å². The maximum Gasteiger partial charge on any atom is 0.120 e. The van der Waals surface area contributed by atoms with Crippen LogP contribution in [0.3, 0.4) is 0 Å². The molecule has 2 aromatic rings. The van der Waals surface area contributed by atoms with E-state index in [4.69, 9.17) is 18.9 Å². The SMILES string of the molecule is C(=Cc1cccc(OCC2CO2)c1)c1cccc(OCC2CO2)c1. The van der Waals surface area contributed by atoms with Crippen LogP contribution in [0.5, 0.6) is 11.5 Å². The molecule has 2 unspecified atom stereocenters. The summed E-state index contributed by atoms with van der Waals surface area (Å²) in [5.41, 5.74) is 2.20. The molecule has 24 heavy (non-hydrogen) atoms. The molecule has 4 nitrogen and oxygen atoms in total. The van der Waals surface area contributed by atoms with Crippen molar-refractivity contribution in [3.05, 3.63) is 59.7 Å². The lowest BCUT2D eigenvalue weighted by molar-refractivity contribution is 0.263. The van der Waals surface area contributed by atoms with Crippen LogP contribution in [-0.2, 0) is 9.47 Å². The van der Waals surface area contributed by atoms with Gasteiger partial charge in [-0.15, -0.1) is 0 Å². The normalized spacial score (nSPS) is 21.7. The number of epoxide rings is 2. The minimum absolute atomic E-state index is 0.271.